The first kappa shape index (κ1) is 11.4. The summed E-state index contributed by atoms with van der Waals surface area (Å²) >= 11 is 7.20. The molecule has 1 aromatic heterocycles. The quantitative estimate of drug-likeness (QED) is 0.728. The molecule has 0 saturated heterocycles. The van der Waals surface area contributed by atoms with Gasteiger partial charge in [0.2, 0.25) is 0 Å². The van der Waals surface area contributed by atoms with E-state index in [-0.39, 0.29) is 10.8 Å². The van der Waals surface area contributed by atoms with Crippen LogP contribution in [0, 0.1) is 12.7 Å². The number of methoxy groups -OCH3 is 1. The summed E-state index contributed by atoms with van der Waals surface area (Å²) < 4.78 is 18.7. The topological polar surface area (TPSA) is 26.3 Å². The smallest absolute Gasteiger partial charge is 0.349 e. The zero-order valence-electron chi connectivity index (χ0n) is 8.64. The second kappa shape index (κ2) is 4.03. The lowest BCUT2D eigenvalue weighted by Crippen LogP contribution is -1.97. The zero-order valence-corrected chi connectivity index (χ0v) is 10.2. The lowest BCUT2D eigenvalue weighted by Gasteiger charge is -1.96. The van der Waals surface area contributed by atoms with Gasteiger partial charge in [0.25, 0.3) is 0 Å². The monoisotopic (exact) mass is 258 g/mol. The van der Waals surface area contributed by atoms with Gasteiger partial charge in [-0.3, -0.25) is 0 Å². The minimum Gasteiger partial charge on any atom is -0.465 e. The summed E-state index contributed by atoms with van der Waals surface area (Å²) in [5, 5.41) is 0.806. The molecule has 2 nitrogen and oxygen atoms in total. The summed E-state index contributed by atoms with van der Waals surface area (Å²) in [6.45, 7) is 1.67. The number of benzene rings is 1. The lowest BCUT2D eigenvalue weighted by molar-refractivity contribution is 0.0606. The van der Waals surface area contributed by atoms with Gasteiger partial charge < -0.3 is 4.74 Å². The van der Waals surface area contributed by atoms with Crippen molar-refractivity contribution >= 4 is 39.0 Å². The molecule has 5 heteroatoms. The van der Waals surface area contributed by atoms with Gasteiger partial charge in [-0.1, -0.05) is 11.6 Å². The summed E-state index contributed by atoms with van der Waals surface area (Å²) in [6.07, 6.45) is 0. The number of rotatable bonds is 1. The molecule has 84 valence electrons. The fourth-order valence-corrected chi connectivity index (χ4v) is 2.91. The van der Waals surface area contributed by atoms with Crippen molar-refractivity contribution in [3.63, 3.8) is 0 Å². The number of carbonyl (C=O) groups excluding carboxylic acids is 1. The van der Waals surface area contributed by atoms with Gasteiger partial charge in [-0.2, -0.15) is 0 Å². The molecule has 0 N–H and O–H groups in total. The van der Waals surface area contributed by atoms with Gasteiger partial charge in [0, 0.05) is 10.1 Å². The number of hydrogen-bond acceptors (Lipinski definition) is 3. The SMILES string of the molecule is COC(=O)c1sc2cc(C)c(F)cc2c1Cl. The van der Waals surface area contributed by atoms with Gasteiger partial charge >= 0.3 is 5.97 Å². The second-order valence-electron chi connectivity index (χ2n) is 3.33. The Morgan fingerprint density at radius 3 is 2.81 bits per heavy atom. The number of esters is 1. The van der Waals surface area contributed by atoms with E-state index in [0.29, 0.717) is 15.8 Å². The van der Waals surface area contributed by atoms with E-state index in [1.807, 2.05) is 0 Å². The standard InChI is InChI=1S/C11H8ClFO2S/c1-5-3-8-6(4-7(5)13)9(12)10(16-8)11(14)15-2/h3-4H,1-2H3. The molecule has 0 saturated carbocycles. The third-order valence-electron chi connectivity index (χ3n) is 2.28. The van der Waals surface area contributed by atoms with E-state index < -0.39 is 5.97 Å². The number of ether oxygens (including phenoxy) is 1. The first-order valence-corrected chi connectivity index (χ1v) is 5.70. The summed E-state index contributed by atoms with van der Waals surface area (Å²) in [6, 6.07) is 3.02. The largest absolute Gasteiger partial charge is 0.465 e. The Labute approximate surface area is 101 Å². The van der Waals surface area contributed by atoms with Gasteiger partial charge in [0.15, 0.2) is 0 Å². The molecule has 0 aliphatic heterocycles. The van der Waals surface area contributed by atoms with Crippen molar-refractivity contribution in [1.29, 1.82) is 0 Å². The van der Waals surface area contributed by atoms with E-state index in [2.05, 4.69) is 4.74 Å². The molecule has 0 amide bonds. The predicted octanol–water partition coefficient (Wildman–Crippen LogP) is 3.79. The zero-order chi connectivity index (χ0) is 11.9. The Balaban J connectivity index is 2.73. The molecule has 2 rings (SSSR count). The molecule has 0 unspecified atom stereocenters. The number of hydrogen-bond donors (Lipinski definition) is 0. The Morgan fingerprint density at radius 1 is 1.50 bits per heavy atom. The van der Waals surface area contributed by atoms with E-state index in [4.69, 9.17) is 11.6 Å². The van der Waals surface area contributed by atoms with Crippen molar-refractivity contribution in [2.24, 2.45) is 0 Å². The maximum absolute atomic E-state index is 13.4. The van der Waals surface area contributed by atoms with E-state index in [1.165, 1.54) is 24.5 Å². The summed E-state index contributed by atoms with van der Waals surface area (Å²) in [7, 11) is 1.29. The van der Waals surface area contributed by atoms with Gasteiger partial charge in [-0.25, -0.2) is 9.18 Å². The molecule has 16 heavy (non-hydrogen) atoms. The highest BCUT2D eigenvalue weighted by Crippen LogP contribution is 2.36. The number of thiophene rings is 1. The van der Waals surface area contributed by atoms with E-state index in [0.717, 1.165) is 4.70 Å². The minimum atomic E-state index is -0.496. The highest BCUT2D eigenvalue weighted by atomic mass is 35.5. The minimum absolute atomic E-state index is 0.255. The molecule has 0 bridgehead atoms. The van der Waals surface area contributed by atoms with E-state index >= 15 is 0 Å². The van der Waals surface area contributed by atoms with Crippen LogP contribution < -0.4 is 0 Å². The molecule has 0 fully saturated rings. The van der Waals surface area contributed by atoms with Gasteiger partial charge in [0.05, 0.1) is 12.1 Å². The van der Waals surface area contributed by atoms with Crippen LogP contribution in [0.25, 0.3) is 10.1 Å². The normalized spacial score (nSPS) is 10.8. The first-order chi connectivity index (χ1) is 7.54. The molecule has 0 spiro atoms. The first-order valence-electron chi connectivity index (χ1n) is 4.51. The van der Waals surface area contributed by atoms with Crippen molar-refractivity contribution in [3.8, 4) is 0 Å². The molecule has 0 aliphatic rings. The van der Waals surface area contributed by atoms with Crippen LogP contribution in [0.3, 0.4) is 0 Å². The maximum atomic E-state index is 13.4. The lowest BCUT2D eigenvalue weighted by atomic mass is 10.2. The van der Waals surface area contributed by atoms with Crippen molar-refractivity contribution in [1.82, 2.24) is 0 Å². The van der Waals surface area contributed by atoms with Crippen LogP contribution >= 0.6 is 22.9 Å². The van der Waals surface area contributed by atoms with Crippen LogP contribution in [0.2, 0.25) is 5.02 Å². The summed E-state index contributed by atoms with van der Waals surface area (Å²) in [5.41, 5.74) is 0.529. The Morgan fingerprint density at radius 2 is 2.19 bits per heavy atom. The van der Waals surface area contributed by atoms with Crippen molar-refractivity contribution in [3.05, 3.63) is 33.4 Å². The Kier molecular flexibility index (Phi) is 2.86. The van der Waals surface area contributed by atoms with Crippen LogP contribution in [0.15, 0.2) is 12.1 Å². The average molecular weight is 259 g/mol. The molecule has 2 aromatic rings. The Bertz CT molecular complexity index is 577. The molecule has 0 radical (unpaired) electrons. The third-order valence-corrected chi connectivity index (χ3v) is 3.92. The molecular formula is C11H8ClFO2S. The third kappa shape index (κ3) is 1.68. The Hall–Kier alpha value is -1.13. The number of halogens is 2. The van der Waals surface area contributed by atoms with Crippen LogP contribution in [-0.4, -0.2) is 13.1 Å². The van der Waals surface area contributed by atoms with Crippen molar-refractivity contribution in [2.75, 3.05) is 7.11 Å². The van der Waals surface area contributed by atoms with Gasteiger partial charge in [0.1, 0.15) is 10.7 Å². The van der Waals surface area contributed by atoms with Crippen LogP contribution in [-0.2, 0) is 4.74 Å². The summed E-state index contributed by atoms with van der Waals surface area (Å²) in [4.78, 5) is 11.7. The average Bonchev–Trinajstić information content (AvgIpc) is 2.56. The second-order valence-corrected chi connectivity index (χ2v) is 4.76. The van der Waals surface area contributed by atoms with Crippen molar-refractivity contribution in [2.45, 2.75) is 6.92 Å². The highest BCUT2D eigenvalue weighted by Gasteiger charge is 2.18. The molecule has 1 aromatic carbocycles. The number of aryl methyl sites for hydroxylation is 1. The van der Waals surface area contributed by atoms with E-state index in [9.17, 15) is 9.18 Å². The van der Waals surface area contributed by atoms with Crippen LogP contribution in [0.4, 0.5) is 4.39 Å². The fourth-order valence-electron chi connectivity index (χ4n) is 1.41. The van der Waals surface area contributed by atoms with Crippen molar-refractivity contribution < 1.29 is 13.9 Å². The van der Waals surface area contributed by atoms with Gasteiger partial charge in [-0.15, -0.1) is 11.3 Å². The predicted molar refractivity (Wildman–Crippen MR) is 62.9 cm³/mol. The van der Waals surface area contributed by atoms with Gasteiger partial charge in [-0.05, 0) is 24.6 Å². The van der Waals surface area contributed by atoms with Crippen LogP contribution in [0.5, 0.6) is 0 Å². The fraction of sp³-hybridized carbons (Fsp3) is 0.182. The highest BCUT2D eigenvalue weighted by molar-refractivity contribution is 7.21. The van der Waals surface area contributed by atoms with E-state index in [1.54, 1.807) is 13.0 Å². The number of carbonyl (C=O) groups is 1. The molecule has 0 atom stereocenters. The molecule has 1 heterocycles. The molecular weight excluding hydrogens is 251 g/mol. The summed E-state index contributed by atoms with van der Waals surface area (Å²) in [5.74, 6) is -0.826. The van der Waals surface area contributed by atoms with Crippen LogP contribution in [0.1, 0.15) is 15.2 Å². The maximum Gasteiger partial charge on any atom is 0.349 e. The number of fused-ring (bicyclic) bond motifs is 1. The molecule has 0 aliphatic carbocycles.